The highest BCUT2D eigenvalue weighted by atomic mass is 35.5. The molecule has 0 spiro atoms. The molecule has 0 N–H and O–H groups in total. The van der Waals surface area contributed by atoms with Crippen LogP contribution in [0, 0.1) is 6.92 Å². The minimum Gasteiger partial charge on any atom is -0.266 e. The second-order valence-electron chi connectivity index (χ2n) is 3.24. The van der Waals surface area contributed by atoms with Gasteiger partial charge in [-0.25, -0.2) is 0 Å². The fourth-order valence-electron chi connectivity index (χ4n) is 1.33. The molecule has 2 aromatic rings. The van der Waals surface area contributed by atoms with E-state index < -0.39 is 0 Å². The van der Waals surface area contributed by atoms with Gasteiger partial charge in [0.15, 0.2) is 0 Å². The van der Waals surface area contributed by atoms with Crippen LogP contribution in [-0.2, 0) is 0 Å². The van der Waals surface area contributed by atoms with E-state index in [-0.39, 0.29) is 5.56 Å². The van der Waals surface area contributed by atoms with E-state index >= 15 is 0 Å². The topological polar surface area (TPSA) is 34.9 Å². The van der Waals surface area contributed by atoms with E-state index in [4.69, 9.17) is 11.8 Å². The van der Waals surface area contributed by atoms with Crippen LogP contribution in [0.5, 0.6) is 0 Å². The van der Waals surface area contributed by atoms with Gasteiger partial charge in [-0.3, -0.25) is 4.79 Å². The van der Waals surface area contributed by atoms with Crippen LogP contribution >= 0.6 is 11.8 Å². The molecule has 0 aliphatic heterocycles. The average Bonchev–Trinajstić information content (AvgIpc) is 2.26. The Morgan fingerprint density at radius 3 is 2.53 bits per heavy atom. The van der Waals surface area contributed by atoms with Crippen LogP contribution in [0.1, 0.15) is 5.56 Å². The third kappa shape index (κ3) is 1.92. The summed E-state index contributed by atoms with van der Waals surface area (Å²) in [5.74, 6) is 0. The summed E-state index contributed by atoms with van der Waals surface area (Å²) in [6.07, 6.45) is 0. The molecule has 0 aliphatic rings. The molecule has 15 heavy (non-hydrogen) atoms. The zero-order valence-electron chi connectivity index (χ0n) is 8.14. The minimum absolute atomic E-state index is 0.281. The third-order valence-electron chi connectivity index (χ3n) is 2.12. The molecule has 76 valence electrons. The van der Waals surface area contributed by atoms with Crippen molar-refractivity contribution in [3.63, 3.8) is 0 Å². The van der Waals surface area contributed by atoms with Gasteiger partial charge < -0.3 is 0 Å². The normalized spacial score (nSPS) is 10.3. The molecular formula is C11H9ClN2O. The van der Waals surface area contributed by atoms with E-state index in [2.05, 4.69) is 5.10 Å². The van der Waals surface area contributed by atoms with Crippen molar-refractivity contribution in [2.75, 3.05) is 0 Å². The van der Waals surface area contributed by atoms with Crippen molar-refractivity contribution in [3.8, 4) is 11.3 Å². The second-order valence-corrected chi connectivity index (χ2v) is 3.56. The van der Waals surface area contributed by atoms with Crippen molar-refractivity contribution in [2.45, 2.75) is 6.92 Å². The number of nitrogens with zero attached hydrogens (tertiary/aromatic N) is 2. The van der Waals surface area contributed by atoms with Crippen LogP contribution in [0.3, 0.4) is 0 Å². The number of hydrogen-bond acceptors (Lipinski definition) is 2. The van der Waals surface area contributed by atoms with Crippen LogP contribution in [-0.4, -0.2) is 9.30 Å². The van der Waals surface area contributed by atoms with Gasteiger partial charge in [-0.05, 0) is 13.0 Å². The van der Waals surface area contributed by atoms with Crippen molar-refractivity contribution in [3.05, 3.63) is 52.3 Å². The molecule has 0 saturated heterocycles. The predicted octanol–water partition coefficient (Wildman–Crippen LogP) is 2.22. The van der Waals surface area contributed by atoms with E-state index in [1.165, 1.54) is 0 Å². The van der Waals surface area contributed by atoms with Crippen LogP contribution in [0.2, 0.25) is 0 Å². The van der Waals surface area contributed by atoms with Crippen molar-refractivity contribution < 1.29 is 0 Å². The Bertz CT molecular complexity index is 508. The molecule has 1 aromatic carbocycles. The maximum Gasteiger partial charge on any atom is 0.285 e. The Kier molecular flexibility index (Phi) is 2.56. The monoisotopic (exact) mass is 220 g/mol. The predicted molar refractivity (Wildman–Crippen MR) is 59.9 cm³/mol. The van der Waals surface area contributed by atoms with E-state index in [1.54, 1.807) is 13.0 Å². The Balaban J connectivity index is 2.61. The van der Waals surface area contributed by atoms with Crippen molar-refractivity contribution in [1.29, 1.82) is 0 Å². The van der Waals surface area contributed by atoms with Gasteiger partial charge in [0.1, 0.15) is 0 Å². The lowest BCUT2D eigenvalue weighted by Gasteiger charge is -2.02. The lowest BCUT2D eigenvalue weighted by molar-refractivity contribution is 0.894. The molecule has 0 amide bonds. The molecule has 0 radical (unpaired) electrons. The zero-order chi connectivity index (χ0) is 10.8. The summed E-state index contributed by atoms with van der Waals surface area (Å²) in [7, 11) is 0. The lowest BCUT2D eigenvalue weighted by Crippen LogP contribution is -2.18. The van der Waals surface area contributed by atoms with Gasteiger partial charge in [-0.2, -0.15) is 5.10 Å². The number of halogens is 1. The van der Waals surface area contributed by atoms with Gasteiger partial charge in [0.05, 0.1) is 5.69 Å². The highest BCUT2D eigenvalue weighted by molar-refractivity contribution is 6.14. The maximum atomic E-state index is 11.3. The van der Waals surface area contributed by atoms with Crippen LogP contribution < -0.4 is 5.56 Å². The molecule has 1 heterocycles. The van der Waals surface area contributed by atoms with Gasteiger partial charge in [0, 0.05) is 22.9 Å². The molecule has 3 nitrogen and oxygen atoms in total. The largest absolute Gasteiger partial charge is 0.285 e. The van der Waals surface area contributed by atoms with Gasteiger partial charge in [-0.15, -0.1) is 4.20 Å². The van der Waals surface area contributed by atoms with E-state index in [1.807, 2.05) is 30.3 Å². The lowest BCUT2D eigenvalue weighted by atomic mass is 10.1. The molecule has 1 aromatic heterocycles. The fourth-order valence-corrected chi connectivity index (χ4v) is 1.55. The molecule has 0 aliphatic carbocycles. The SMILES string of the molecule is Cc1cc(-c2ccccc2)nn(Cl)c1=O. The summed E-state index contributed by atoms with van der Waals surface area (Å²) >= 11 is 5.66. The van der Waals surface area contributed by atoms with Crippen molar-refractivity contribution >= 4 is 11.8 Å². The maximum absolute atomic E-state index is 11.3. The summed E-state index contributed by atoms with van der Waals surface area (Å²) < 4.78 is 0.845. The minimum atomic E-state index is -0.281. The first-order valence-corrected chi connectivity index (χ1v) is 4.85. The summed E-state index contributed by atoms with van der Waals surface area (Å²) in [5, 5.41) is 3.97. The Hall–Kier alpha value is -1.61. The average molecular weight is 221 g/mol. The van der Waals surface area contributed by atoms with Gasteiger partial charge >= 0.3 is 0 Å². The van der Waals surface area contributed by atoms with E-state index in [0.29, 0.717) is 11.3 Å². The summed E-state index contributed by atoms with van der Waals surface area (Å²) in [5.41, 5.74) is 1.94. The highest BCUT2D eigenvalue weighted by Gasteiger charge is 2.04. The van der Waals surface area contributed by atoms with Crippen molar-refractivity contribution in [1.82, 2.24) is 9.30 Å². The number of aromatic nitrogens is 2. The van der Waals surface area contributed by atoms with Crippen LogP contribution in [0.4, 0.5) is 0 Å². The number of hydrogen-bond donors (Lipinski definition) is 0. The quantitative estimate of drug-likeness (QED) is 0.739. The third-order valence-corrected chi connectivity index (χ3v) is 2.35. The van der Waals surface area contributed by atoms with Gasteiger partial charge in [-0.1, -0.05) is 30.3 Å². The molecule has 2 rings (SSSR count). The molecular weight excluding hydrogens is 212 g/mol. The zero-order valence-corrected chi connectivity index (χ0v) is 8.90. The summed E-state index contributed by atoms with van der Waals surface area (Å²) in [6, 6.07) is 11.3. The number of rotatable bonds is 1. The van der Waals surface area contributed by atoms with E-state index in [9.17, 15) is 4.79 Å². The Morgan fingerprint density at radius 1 is 1.27 bits per heavy atom. The highest BCUT2D eigenvalue weighted by Crippen LogP contribution is 2.15. The Labute approximate surface area is 92.0 Å². The summed E-state index contributed by atoms with van der Waals surface area (Å²) in [4.78, 5) is 11.3. The van der Waals surface area contributed by atoms with E-state index in [0.717, 1.165) is 9.76 Å². The summed E-state index contributed by atoms with van der Waals surface area (Å²) in [6.45, 7) is 1.72. The molecule has 0 bridgehead atoms. The molecule has 0 saturated carbocycles. The standard InChI is InChI=1S/C11H9ClN2O/c1-8-7-10(13-14(12)11(8)15)9-5-3-2-4-6-9/h2-7H,1H3. The fraction of sp³-hybridized carbons (Fsp3) is 0.0909. The van der Waals surface area contributed by atoms with Gasteiger partial charge in [0.25, 0.3) is 5.56 Å². The van der Waals surface area contributed by atoms with Crippen LogP contribution in [0.25, 0.3) is 11.3 Å². The smallest absolute Gasteiger partial charge is 0.266 e. The number of benzene rings is 1. The first-order chi connectivity index (χ1) is 7.18. The van der Waals surface area contributed by atoms with Gasteiger partial charge in [0.2, 0.25) is 0 Å². The van der Waals surface area contributed by atoms with Crippen LogP contribution in [0.15, 0.2) is 41.2 Å². The second kappa shape index (κ2) is 3.87. The number of aryl methyl sites for hydroxylation is 1. The molecule has 0 fully saturated rings. The molecule has 4 heteroatoms. The molecule has 0 unspecified atom stereocenters. The molecule has 0 atom stereocenters. The van der Waals surface area contributed by atoms with Crippen molar-refractivity contribution in [2.24, 2.45) is 0 Å². The first-order valence-electron chi connectivity index (χ1n) is 4.51. The first kappa shape index (κ1) is 9.93. The Morgan fingerprint density at radius 2 is 1.93 bits per heavy atom.